The predicted molar refractivity (Wildman–Crippen MR) is 73.3 cm³/mol. The van der Waals surface area contributed by atoms with Crippen molar-refractivity contribution < 1.29 is 9.90 Å². The molecule has 1 heterocycles. The fraction of sp³-hybridized carbons (Fsp3) is 0.462. The van der Waals surface area contributed by atoms with Crippen molar-refractivity contribution in [3.63, 3.8) is 0 Å². The van der Waals surface area contributed by atoms with Gasteiger partial charge in [0.05, 0.1) is 0 Å². The molecule has 0 bridgehead atoms. The van der Waals surface area contributed by atoms with Crippen molar-refractivity contribution in [1.29, 1.82) is 0 Å². The molecular weight excluding hydrogens is 252 g/mol. The SMILES string of the molecule is CN(C(=O)c1cccc(O)c1)C1CCNCC1.Cl. The van der Waals surface area contributed by atoms with E-state index in [1.54, 1.807) is 23.1 Å². The molecule has 0 saturated carbocycles. The molecule has 1 aliphatic heterocycles. The van der Waals surface area contributed by atoms with E-state index in [0.717, 1.165) is 25.9 Å². The number of benzene rings is 1. The van der Waals surface area contributed by atoms with Crippen molar-refractivity contribution >= 4 is 18.3 Å². The van der Waals surface area contributed by atoms with Crippen molar-refractivity contribution in [1.82, 2.24) is 10.2 Å². The number of nitrogens with one attached hydrogen (secondary N) is 1. The molecule has 0 aromatic heterocycles. The largest absolute Gasteiger partial charge is 0.508 e. The van der Waals surface area contributed by atoms with E-state index in [1.807, 2.05) is 7.05 Å². The summed E-state index contributed by atoms with van der Waals surface area (Å²) in [5.41, 5.74) is 0.547. The predicted octanol–water partition coefficient (Wildman–Crippen LogP) is 1.64. The topological polar surface area (TPSA) is 52.6 Å². The Bertz CT molecular complexity index is 406. The van der Waals surface area contributed by atoms with Gasteiger partial charge in [-0.3, -0.25) is 4.79 Å². The van der Waals surface area contributed by atoms with E-state index < -0.39 is 0 Å². The number of carbonyl (C=O) groups is 1. The van der Waals surface area contributed by atoms with E-state index in [1.165, 1.54) is 6.07 Å². The molecule has 1 fully saturated rings. The summed E-state index contributed by atoms with van der Waals surface area (Å²) in [6.07, 6.45) is 1.97. The molecule has 5 heteroatoms. The fourth-order valence-corrected chi connectivity index (χ4v) is 2.20. The highest BCUT2D eigenvalue weighted by atomic mass is 35.5. The summed E-state index contributed by atoms with van der Waals surface area (Å²) in [5.74, 6) is 0.113. The molecule has 0 unspecified atom stereocenters. The second-order valence-electron chi connectivity index (χ2n) is 4.45. The molecule has 0 atom stereocenters. The van der Waals surface area contributed by atoms with Crippen LogP contribution >= 0.6 is 12.4 Å². The summed E-state index contributed by atoms with van der Waals surface area (Å²) < 4.78 is 0. The first kappa shape index (κ1) is 14.8. The molecule has 18 heavy (non-hydrogen) atoms. The number of nitrogens with zero attached hydrogens (tertiary/aromatic N) is 1. The smallest absolute Gasteiger partial charge is 0.253 e. The maximum Gasteiger partial charge on any atom is 0.253 e. The highest BCUT2D eigenvalue weighted by Gasteiger charge is 2.22. The van der Waals surface area contributed by atoms with Gasteiger partial charge in [0.15, 0.2) is 0 Å². The number of phenols is 1. The van der Waals surface area contributed by atoms with Crippen molar-refractivity contribution in [2.75, 3.05) is 20.1 Å². The second-order valence-corrected chi connectivity index (χ2v) is 4.45. The molecule has 2 N–H and O–H groups in total. The molecule has 1 aromatic rings. The average molecular weight is 271 g/mol. The normalized spacial score (nSPS) is 15.8. The van der Waals surface area contributed by atoms with Gasteiger partial charge >= 0.3 is 0 Å². The van der Waals surface area contributed by atoms with Crippen molar-refractivity contribution in [3.05, 3.63) is 29.8 Å². The van der Waals surface area contributed by atoms with E-state index >= 15 is 0 Å². The molecule has 0 radical (unpaired) electrons. The zero-order valence-corrected chi connectivity index (χ0v) is 11.2. The monoisotopic (exact) mass is 270 g/mol. The Hall–Kier alpha value is -1.26. The molecule has 1 amide bonds. The number of carbonyl (C=O) groups excluding carboxylic acids is 1. The van der Waals surface area contributed by atoms with Crippen LogP contribution in [0.4, 0.5) is 0 Å². The number of hydrogen-bond acceptors (Lipinski definition) is 3. The summed E-state index contributed by atoms with van der Waals surface area (Å²) >= 11 is 0. The van der Waals surface area contributed by atoms with Gasteiger partial charge in [-0.2, -0.15) is 0 Å². The van der Waals surface area contributed by atoms with Crippen molar-refractivity contribution in [2.45, 2.75) is 18.9 Å². The lowest BCUT2D eigenvalue weighted by Gasteiger charge is -2.31. The van der Waals surface area contributed by atoms with Crippen LogP contribution in [0.25, 0.3) is 0 Å². The third-order valence-electron chi connectivity index (χ3n) is 3.27. The Morgan fingerprint density at radius 1 is 1.39 bits per heavy atom. The van der Waals surface area contributed by atoms with Gasteiger partial charge in [-0.1, -0.05) is 6.07 Å². The first-order chi connectivity index (χ1) is 8.18. The van der Waals surface area contributed by atoms with Crippen LogP contribution in [0.5, 0.6) is 5.75 Å². The summed E-state index contributed by atoms with van der Waals surface area (Å²) in [5, 5.41) is 12.7. The minimum Gasteiger partial charge on any atom is -0.508 e. The van der Waals surface area contributed by atoms with Crippen molar-refractivity contribution in [2.24, 2.45) is 0 Å². The first-order valence-corrected chi connectivity index (χ1v) is 5.95. The number of phenolic OH excluding ortho intramolecular Hbond substituents is 1. The first-order valence-electron chi connectivity index (χ1n) is 5.95. The van der Waals surface area contributed by atoms with Gasteiger partial charge < -0.3 is 15.3 Å². The van der Waals surface area contributed by atoms with Gasteiger partial charge in [0.1, 0.15) is 5.75 Å². The number of hydrogen-bond donors (Lipinski definition) is 2. The zero-order valence-electron chi connectivity index (χ0n) is 10.4. The summed E-state index contributed by atoms with van der Waals surface area (Å²) in [4.78, 5) is 14.0. The molecule has 1 saturated heterocycles. The third-order valence-corrected chi connectivity index (χ3v) is 3.27. The van der Waals surface area contributed by atoms with Crippen LogP contribution in [-0.2, 0) is 0 Å². The standard InChI is InChI=1S/C13H18N2O2.ClH/c1-15(11-5-7-14-8-6-11)13(17)10-3-2-4-12(16)9-10;/h2-4,9,11,14,16H,5-8H2,1H3;1H. The maximum atomic E-state index is 12.2. The lowest BCUT2D eigenvalue weighted by Crippen LogP contribution is -2.43. The summed E-state index contributed by atoms with van der Waals surface area (Å²) in [6.45, 7) is 1.92. The fourth-order valence-electron chi connectivity index (χ4n) is 2.20. The van der Waals surface area contributed by atoms with Crippen LogP contribution in [0.15, 0.2) is 24.3 Å². The molecule has 2 rings (SSSR count). The van der Waals surface area contributed by atoms with Gasteiger partial charge in [0.2, 0.25) is 0 Å². The molecule has 1 aromatic carbocycles. The van der Waals surface area contributed by atoms with E-state index in [4.69, 9.17) is 0 Å². The Balaban J connectivity index is 0.00000162. The number of aromatic hydroxyl groups is 1. The van der Waals surface area contributed by atoms with Gasteiger partial charge in [0.25, 0.3) is 5.91 Å². The number of halogens is 1. The second kappa shape index (κ2) is 6.61. The van der Waals surface area contributed by atoms with E-state index in [9.17, 15) is 9.90 Å². The van der Waals surface area contributed by atoms with Crippen LogP contribution in [0.3, 0.4) is 0 Å². The summed E-state index contributed by atoms with van der Waals surface area (Å²) in [6, 6.07) is 6.81. The molecule has 4 nitrogen and oxygen atoms in total. The minimum absolute atomic E-state index is 0. The number of rotatable bonds is 2. The van der Waals surface area contributed by atoms with Gasteiger partial charge in [-0.25, -0.2) is 0 Å². The Morgan fingerprint density at radius 3 is 2.67 bits per heavy atom. The Morgan fingerprint density at radius 2 is 2.06 bits per heavy atom. The van der Waals surface area contributed by atoms with Crippen LogP contribution in [0.1, 0.15) is 23.2 Å². The zero-order chi connectivity index (χ0) is 12.3. The minimum atomic E-state index is -0.0206. The lowest BCUT2D eigenvalue weighted by molar-refractivity contribution is 0.0703. The molecule has 0 aliphatic carbocycles. The number of amides is 1. The Labute approximate surface area is 113 Å². The molecular formula is C13H19ClN2O2. The third kappa shape index (κ3) is 3.37. The quantitative estimate of drug-likeness (QED) is 0.859. The highest BCUT2D eigenvalue weighted by molar-refractivity contribution is 5.94. The van der Waals surface area contributed by atoms with Crippen molar-refractivity contribution in [3.8, 4) is 5.75 Å². The van der Waals surface area contributed by atoms with Crippen LogP contribution in [0, 0.1) is 0 Å². The van der Waals surface area contributed by atoms with Gasteiger partial charge in [-0.05, 0) is 44.1 Å². The maximum absolute atomic E-state index is 12.2. The summed E-state index contributed by atoms with van der Waals surface area (Å²) in [7, 11) is 1.84. The van der Waals surface area contributed by atoms with Crippen LogP contribution < -0.4 is 5.32 Å². The highest BCUT2D eigenvalue weighted by Crippen LogP contribution is 2.16. The molecule has 0 spiro atoms. The van der Waals surface area contributed by atoms with E-state index in [-0.39, 0.29) is 24.1 Å². The van der Waals surface area contributed by atoms with Crippen LogP contribution in [0.2, 0.25) is 0 Å². The van der Waals surface area contributed by atoms with E-state index in [0.29, 0.717) is 11.6 Å². The van der Waals surface area contributed by atoms with Crippen LogP contribution in [-0.4, -0.2) is 42.1 Å². The Kier molecular flexibility index (Phi) is 5.44. The molecule has 1 aliphatic rings. The lowest BCUT2D eigenvalue weighted by atomic mass is 10.0. The van der Waals surface area contributed by atoms with Gasteiger partial charge in [0, 0.05) is 18.7 Å². The number of piperidine rings is 1. The van der Waals surface area contributed by atoms with Gasteiger partial charge in [-0.15, -0.1) is 12.4 Å². The van der Waals surface area contributed by atoms with E-state index in [2.05, 4.69) is 5.32 Å². The average Bonchev–Trinajstić information content (AvgIpc) is 2.38. The molecule has 100 valence electrons.